The molecule has 0 heterocycles. The van der Waals surface area contributed by atoms with Gasteiger partial charge in [-0.2, -0.15) is 0 Å². The molecule has 106 valence electrons. The van der Waals surface area contributed by atoms with Gasteiger partial charge in [-0.25, -0.2) is 8.78 Å². The van der Waals surface area contributed by atoms with Crippen LogP contribution >= 0.6 is 15.9 Å². The van der Waals surface area contributed by atoms with Crippen LogP contribution in [0.2, 0.25) is 0 Å². The summed E-state index contributed by atoms with van der Waals surface area (Å²) in [6, 6.07) is 12.6. The van der Waals surface area contributed by atoms with Gasteiger partial charge in [-0.15, -0.1) is 0 Å². The Hall–Kier alpha value is -1.22. The zero-order valence-electron chi connectivity index (χ0n) is 11.4. The summed E-state index contributed by atoms with van der Waals surface area (Å²) < 4.78 is 26.8. The Bertz CT molecular complexity index is 564. The zero-order chi connectivity index (χ0) is 14.5. The van der Waals surface area contributed by atoms with Crippen molar-refractivity contribution in [2.75, 3.05) is 0 Å². The molecule has 0 fully saturated rings. The van der Waals surface area contributed by atoms with E-state index in [0.29, 0.717) is 12.0 Å². The topological polar surface area (TPSA) is 0 Å². The number of aryl methyl sites for hydroxylation is 1. The van der Waals surface area contributed by atoms with Gasteiger partial charge >= 0.3 is 0 Å². The maximum Gasteiger partial charge on any atom is 0.162 e. The molecule has 0 aliphatic rings. The second-order valence-electron chi connectivity index (χ2n) is 4.88. The van der Waals surface area contributed by atoms with Crippen molar-refractivity contribution in [3.05, 3.63) is 70.8 Å². The van der Waals surface area contributed by atoms with Crippen molar-refractivity contribution in [1.29, 1.82) is 0 Å². The smallest absolute Gasteiger partial charge is 0.162 e. The van der Waals surface area contributed by atoms with Crippen molar-refractivity contribution < 1.29 is 8.78 Å². The number of benzene rings is 2. The van der Waals surface area contributed by atoms with E-state index in [1.165, 1.54) is 11.6 Å². The van der Waals surface area contributed by atoms with E-state index in [1.807, 2.05) is 12.1 Å². The van der Waals surface area contributed by atoms with Crippen LogP contribution in [-0.4, -0.2) is 0 Å². The van der Waals surface area contributed by atoms with Crippen LogP contribution in [-0.2, 0) is 12.8 Å². The summed E-state index contributed by atoms with van der Waals surface area (Å²) in [5, 5.41) is 0. The van der Waals surface area contributed by atoms with Crippen LogP contribution in [0.3, 0.4) is 0 Å². The van der Waals surface area contributed by atoms with Gasteiger partial charge < -0.3 is 0 Å². The zero-order valence-corrected chi connectivity index (χ0v) is 13.0. The minimum absolute atomic E-state index is 0.0190. The van der Waals surface area contributed by atoms with Crippen LogP contribution < -0.4 is 0 Å². The minimum atomic E-state index is -0.791. The first-order chi connectivity index (χ1) is 9.61. The van der Waals surface area contributed by atoms with Crippen LogP contribution in [0, 0.1) is 11.6 Å². The second-order valence-corrected chi connectivity index (χ2v) is 5.98. The maximum absolute atomic E-state index is 13.6. The van der Waals surface area contributed by atoms with Gasteiger partial charge in [0.15, 0.2) is 11.6 Å². The summed E-state index contributed by atoms with van der Waals surface area (Å²) in [6.45, 7) is 2.15. The van der Waals surface area contributed by atoms with Crippen molar-refractivity contribution in [2.45, 2.75) is 31.0 Å². The SMILES string of the molecule is CCCc1ccc(C(Br)Cc2cccc(F)c2F)cc1. The Morgan fingerprint density at radius 3 is 2.40 bits per heavy atom. The number of hydrogen-bond acceptors (Lipinski definition) is 0. The molecule has 1 atom stereocenters. The van der Waals surface area contributed by atoms with Crippen molar-refractivity contribution in [2.24, 2.45) is 0 Å². The molecule has 0 radical (unpaired) electrons. The molecule has 2 aromatic carbocycles. The lowest BCUT2D eigenvalue weighted by Crippen LogP contribution is -2.00. The van der Waals surface area contributed by atoms with Gasteiger partial charge in [0.05, 0.1) is 0 Å². The molecule has 0 saturated heterocycles. The van der Waals surface area contributed by atoms with E-state index in [9.17, 15) is 8.78 Å². The molecule has 0 aromatic heterocycles. The summed E-state index contributed by atoms with van der Waals surface area (Å²) in [7, 11) is 0. The first kappa shape index (κ1) is 15.2. The first-order valence-electron chi connectivity index (χ1n) is 6.77. The lowest BCUT2D eigenvalue weighted by atomic mass is 10.0. The van der Waals surface area contributed by atoms with Gasteiger partial charge in [-0.05, 0) is 35.6 Å². The van der Waals surface area contributed by atoms with E-state index in [0.717, 1.165) is 24.5 Å². The first-order valence-corrected chi connectivity index (χ1v) is 7.69. The van der Waals surface area contributed by atoms with Crippen molar-refractivity contribution in [3.8, 4) is 0 Å². The third-order valence-electron chi connectivity index (χ3n) is 3.31. The Morgan fingerprint density at radius 2 is 1.75 bits per heavy atom. The van der Waals surface area contributed by atoms with Crippen LogP contribution in [0.5, 0.6) is 0 Å². The summed E-state index contributed by atoms with van der Waals surface area (Å²) in [5.41, 5.74) is 2.77. The summed E-state index contributed by atoms with van der Waals surface area (Å²) in [4.78, 5) is -0.0190. The molecule has 20 heavy (non-hydrogen) atoms. The highest BCUT2D eigenvalue weighted by Gasteiger charge is 2.13. The average molecular weight is 339 g/mol. The minimum Gasteiger partial charge on any atom is -0.204 e. The number of hydrogen-bond donors (Lipinski definition) is 0. The molecule has 3 heteroatoms. The van der Waals surface area contributed by atoms with Crippen molar-refractivity contribution >= 4 is 15.9 Å². The lowest BCUT2D eigenvalue weighted by Gasteiger charge is -2.12. The molecule has 0 saturated carbocycles. The van der Waals surface area contributed by atoms with Gasteiger partial charge in [0, 0.05) is 4.83 Å². The molecule has 2 aromatic rings. The molecule has 0 N–H and O–H groups in total. The molecule has 2 rings (SSSR count). The largest absolute Gasteiger partial charge is 0.204 e. The van der Waals surface area contributed by atoms with Crippen molar-refractivity contribution in [3.63, 3.8) is 0 Å². The highest BCUT2D eigenvalue weighted by Crippen LogP contribution is 2.28. The van der Waals surface area contributed by atoms with E-state index < -0.39 is 11.6 Å². The van der Waals surface area contributed by atoms with E-state index >= 15 is 0 Å². The number of halogens is 3. The van der Waals surface area contributed by atoms with Gasteiger partial charge in [-0.3, -0.25) is 0 Å². The van der Waals surface area contributed by atoms with Crippen LogP contribution in [0.15, 0.2) is 42.5 Å². The van der Waals surface area contributed by atoms with Gasteiger partial charge in [0.25, 0.3) is 0 Å². The number of alkyl halides is 1. The maximum atomic E-state index is 13.6. The van der Waals surface area contributed by atoms with Gasteiger partial charge in [0.1, 0.15) is 0 Å². The van der Waals surface area contributed by atoms with Crippen LogP contribution in [0.4, 0.5) is 8.78 Å². The standard InChI is InChI=1S/C17H17BrF2/c1-2-4-12-7-9-13(10-8-12)15(18)11-14-5-3-6-16(19)17(14)20/h3,5-10,15H,2,4,11H2,1H3. The third kappa shape index (κ3) is 3.66. The fourth-order valence-corrected chi connectivity index (χ4v) is 2.85. The van der Waals surface area contributed by atoms with E-state index in [-0.39, 0.29) is 4.83 Å². The Morgan fingerprint density at radius 1 is 1.05 bits per heavy atom. The molecule has 0 bridgehead atoms. The number of rotatable bonds is 5. The van der Waals surface area contributed by atoms with Crippen molar-refractivity contribution in [1.82, 2.24) is 0 Å². The summed E-state index contributed by atoms with van der Waals surface area (Å²) in [6.07, 6.45) is 2.61. The Kier molecular flexibility index (Phi) is 5.30. The average Bonchev–Trinajstić information content (AvgIpc) is 2.45. The highest BCUT2D eigenvalue weighted by molar-refractivity contribution is 9.09. The Balaban J connectivity index is 2.11. The molecule has 0 amide bonds. The van der Waals surface area contributed by atoms with E-state index in [2.05, 4.69) is 35.0 Å². The quantitative estimate of drug-likeness (QED) is 0.623. The molecule has 0 aliphatic carbocycles. The van der Waals surface area contributed by atoms with E-state index in [4.69, 9.17) is 0 Å². The summed E-state index contributed by atoms with van der Waals surface area (Å²) in [5.74, 6) is -1.54. The molecule has 1 unspecified atom stereocenters. The predicted octanol–water partition coefficient (Wildman–Crippen LogP) is 5.60. The van der Waals surface area contributed by atoms with Gasteiger partial charge in [0.2, 0.25) is 0 Å². The molecule has 0 nitrogen and oxygen atoms in total. The molecule has 0 spiro atoms. The monoisotopic (exact) mass is 338 g/mol. The van der Waals surface area contributed by atoms with Crippen LogP contribution in [0.1, 0.15) is 34.9 Å². The van der Waals surface area contributed by atoms with Crippen LogP contribution in [0.25, 0.3) is 0 Å². The summed E-state index contributed by atoms with van der Waals surface area (Å²) >= 11 is 3.56. The lowest BCUT2D eigenvalue weighted by molar-refractivity contribution is 0.498. The fourth-order valence-electron chi connectivity index (χ4n) is 2.20. The van der Waals surface area contributed by atoms with Gasteiger partial charge in [-0.1, -0.05) is 65.7 Å². The molecular weight excluding hydrogens is 322 g/mol. The Labute approximate surface area is 127 Å². The normalized spacial score (nSPS) is 12.4. The third-order valence-corrected chi connectivity index (χ3v) is 4.16. The van der Waals surface area contributed by atoms with E-state index in [1.54, 1.807) is 6.07 Å². The second kappa shape index (κ2) is 6.98. The fraction of sp³-hybridized carbons (Fsp3) is 0.294. The molecule has 0 aliphatic heterocycles. The highest BCUT2D eigenvalue weighted by atomic mass is 79.9. The molecular formula is C17H17BrF2. The predicted molar refractivity (Wildman–Crippen MR) is 82.2 cm³/mol.